The highest BCUT2D eigenvalue weighted by molar-refractivity contribution is 5.66. The number of piperidine rings is 1. The molecule has 22 heavy (non-hydrogen) atoms. The van der Waals surface area contributed by atoms with Gasteiger partial charge in [-0.3, -0.25) is 4.90 Å². The molecule has 0 saturated carbocycles. The molecule has 2 aliphatic heterocycles. The number of hydrogen-bond acceptors (Lipinski definition) is 3. The fourth-order valence-corrected chi connectivity index (χ4v) is 3.84. The molecule has 0 aliphatic carbocycles. The van der Waals surface area contributed by atoms with Crippen LogP contribution in [0.25, 0.3) is 0 Å². The van der Waals surface area contributed by atoms with Gasteiger partial charge in [0.05, 0.1) is 13.1 Å². The molecule has 2 saturated heterocycles. The molecule has 2 atom stereocenters. The molecular formula is C17H24N2O3. The summed E-state index contributed by atoms with van der Waals surface area (Å²) >= 11 is 0. The molecule has 2 unspecified atom stereocenters. The highest BCUT2D eigenvalue weighted by Crippen LogP contribution is 2.36. The fraction of sp³-hybridized carbons (Fsp3) is 0.588. The van der Waals surface area contributed by atoms with E-state index in [1.807, 2.05) is 18.2 Å². The van der Waals surface area contributed by atoms with Crippen molar-refractivity contribution >= 4 is 6.09 Å². The van der Waals surface area contributed by atoms with Gasteiger partial charge < -0.3 is 15.1 Å². The number of β-amino-alcohol motifs (C(OH)–C–C–N with tert-alkyl or cyclic N) is 1. The molecule has 1 amide bonds. The predicted octanol–water partition coefficient (Wildman–Crippen LogP) is 2.15. The monoisotopic (exact) mass is 304 g/mol. The zero-order valence-corrected chi connectivity index (χ0v) is 13.0. The molecule has 120 valence electrons. The number of rotatable bonds is 3. The second-order valence-electron chi connectivity index (χ2n) is 6.70. The summed E-state index contributed by atoms with van der Waals surface area (Å²) in [6, 6.07) is 10.7. The van der Waals surface area contributed by atoms with Gasteiger partial charge in [-0.25, -0.2) is 4.79 Å². The highest BCUT2D eigenvalue weighted by Gasteiger charge is 2.52. The minimum absolute atomic E-state index is 0.0343. The van der Waals surface area contributed by atoms with E-state index >= 15 is 0 Å². The fourth-order valence-electron chi connectivity index (χ4n) is 3.84. The van der Waals surface area contributed by atoms with Gasteiger partial charge in [0.2, 0.25) is 0 Å². The van der Waals surface area contributed by atoms with Crippen LogP contribution in [0.5, 0.6) is 0 Å². The second kappa shape index (κ2) is 5.89. The molecule has 0 radical (unpaired) electrons. The molecule has 2 fully saturated rings. The van der Waals surface area contributed by atoms with Gasteiger partial charge in [0.25, 0.3) is 0 Å². The first-order chi connectivity index (χ1) is 10.5. The number of carbonyl (C=O) groups is 1. The van der Waals surface area contributed by atoms with E-state index in [-0.39, 0.29) is 19.1 Å². The third kappa shape index (κ3) is 2.83. The van der Waals surface area contributed by atoms with E-state index in [9.17, 15) is 9.90 Å². The first-order valence-corrected chi connectivity index (χ1v) is 7.99. The van der Waals surface area contributed by atoms with Crippen LogP contribution in [0.2, 0.25) is 0 Å². The normalized spacial score (nSPS) is 28.2. The molecule has 0 aromatic heterocycles. The molecule has 1 aromatic rings. The first kappa shape index (κ1) is 15.3. The Bertz CT molecular complexity index is 528. The maximum Gasteiger partial charge on any atom is 0.407 e. The van der Waals surface area contributed by atoms with E-state index in [1.54, 1.807) is 0 Å². The molecule has 2 aliphatic rings. The molecule has 5 nitrogen and oxygen atoms in total. The van der Waals surface area contributed by atoms with Crippen LogP contribution in [-0.2, 0) is 6.54 Å². The number of likely N-dealkylation sites (tertiary alicyclic amines) is 2. The molecular weight excluding hydrogens is 280 g/mol. The average Bonchev–Trinajstić information content (AvgIpc) is 2.47. The van der Waals surface area contributed by atoms with Crippen LogP contribution in [-0.4, -0.2) is 56.9 Å². The van der Waals surface area contributed by atoms with E-state index in [0.29, 0.717) is 6.04 Å². The highest BCUT2D eigenvalue weighted by atomic mass is 16.4. The number of nitrogens with zero attached hydrogens (tertiary/aromatic N) is 2. The molecule has 1 aromatic carbocycles. The summed E-state index contributed by atoms with van der Waals surface area (Å²) in [6.07, 6.45) is 2.21. The Labute approximate surface area is 131 Å². The zero-order valence-electron chi connectivity index (χ0n) is 13.0. The van der Waals surface area contributed by atoms with E-state index in [1.165, 1.54) is 10.5 Å². The second-order valence-corrected chi connectivity index (χ2v) is 6.70. The molecule has 0 bridgehead atoms. The van der Waals surface area contributed by atoms with Crippen molar-refractivity contribution in [3.05, 3.63) is 35.9 Å². The van der Waals surface area contributed by atoms with Crippen molar-refractivity contribution < 1.29 is 15.0 Å². The van der Waals surface area contributed by atoms with E-state index < -0.39 is 11.7 Å². The average molecular weight is 304 g/mol. The summed E-state index contributed by atoms with van der Waals surface area (Å²) < 4.78 is 0. The van der Waals surface area contributed by atoms with Crippen LogP contribution >= 0.6 is 0 Å². The van der Waals surface area contributed by atoms with Gasteiger partial charge in [-0.15, -0.1) is 0 Å². The predicted molar refractivity (Wildman–Crippen MR) is 83.6 cm³/mol. The van der Waals surface area contributed by atoms with Crippen molar-refractivity contribution in [2.75, 3.05) is 13.1 Å². The van der Waals surface area contributed by atoms with Gasteiger partial charge in [-0.1, -0.05) is 36.8 Å². The van der Waals surface area contributed by atoms with Crippen LogP contribution in [0, 0.1) is 0 Å². The molecule has 5 heteroatoms. The number of carboxylic acid groups (broad SMARTS) is 1. The van der Waals surface area contributed by atoms with Gasteiger partial charge in [-0.2, -0.15) is 0 Å². The topological polar surface area (TPSA) is 64.0 Å². The van der Waals surface area contributed by atoms with Crippen molar-refractivity contribution in [2.45, 2.75) is 50.4 Å². The Kier molecular flexibility index (Phi) is 4.10. The van der Waals surface area contributed by atoms with Crippen LogP contribution in [0.4, 0.5) is 4.79 Å². The Morgan fingerprint density at radius 3 is 2.59 bits per heavy atom. The number of amides is 1. The Morgan fingerprint density at radius 1 is 1.27 bits per heavy atom. The molecule has 3 rings (SSSR count). The van der Waals surface area contributed by atoms with Crippen molar-refractivity contribution in [3.8, 4) is 0 Å². The summed E-state index contributed by atoms with van der Waals surface area (Å²) in [7, 11) is 0. The van der Waals surface area contributed by atoms with Gasteiger partial charge in [-0.05, 0) is 25.3 Å². The molecule has 2 heterocycles. The molecule has 0 spiro atoms. The lowest BCUT2D eigenvalue weighted by atomic mass is 9.79. The lowest BCUT2D eigenvalue weighted by molar-refractivity contribution is -0.152. The lowest BCUT2D eigenvalue weighted by Gasteiger charge is -2.55. The van der Waals surface area contributed by atoms with Crippen LogP contribution < -0.4 is 0 Å². The summed E-state index contributed by atoms with van der Waals surface area (Å²) in [5.74, 6) is 0. The standard InChI is InChI=1S/C17H24N2O3/c1-13-6-5-9-15(17(22)11-18(12-17)16(20)21)19(13)10-14-7-3-2-4-8-14/h2-4,7-8,13,15,22H,5-6,9-12H2,1H3,(H,20,21). The van der Waals surface area contributed by atoms with E-state index in [4.69, 9.17) is 5.11 Å². The van der Waals surface area contributed by atoms with E-state index in [0.717, 1.165) is 25.8 Å². The summed E-state index contributed by atoms with van der Waals surface area (Å²) in [4.78, 5) is 14.6. The number of hydrogen-bond donors (Lipinski definition) is 2. The maximum atomic E-state index is 11.0. The van der Waals surface area contributed by atoms with E-state index in [2.05, 4.69) is 24.0 Å². The summed E-state index contributed by atoms with van der Waals surface area (Å²) in [5.41, 5.74) is 0.334. The van der Waals surface area contributed by atoms with Crippen molar-refractivity contribution in [1.82, 2.24) is 9.80 Å². The minimum atomic E-state index is -0.942. The third-order valence-electron chi connectivity index (χ3n) is 5.09. The Hall–Kier alpha value is -1.59. The smallest absolute Gasteiger partial charge is 0.407 e. The van der Waals surface area contributed by atoms with Crippen LogP contribution in [0.1, 0.15) is 31.7 Å². The summed E-state index contributed by atoms with van der Waals surface area (Å²) in [6.45, 7) is 3.46. The van der Waals surface area contributed by atoms with Gasteiger partial charge in [0, 0.05) is 18.6 Å². The van der Waals surface area contributed by atoms with Gasteiger partial charge in [0.15, 0.2) is 0 Å². The Balaban J connectivity index is 1.75. The van der Waals surface area contributed by atoms with Crippen molar-refractivity contribution in [3.63, 3.8) is 0 Å². The Morgan fingerprint density at radius 2 is 1.95 bits per heavy atom. The number of aliphatic hydroxyl groups is 1. The molecule has 2 N–H and O–H groups in total. The lowest BCUT2D eigenvalue weighted by Crippen LogP contribution is -2.72. The minimum Gasteiger partial charge on any atom is -0.465 e. The summed E-state index contributed by atoms with van der Waals surface area (Å²) in [5, 5.41) is 19.9. The first-order valence-electron chi connectivity index (χ1n) is 7.99. The zero-order chi connectivity index (χ0) is 15.7. The quantitative estimate of drug-likeness (QED) is 0.898. The SMILES string of the molecule is CC1CCCC(C2(O)CN(C(=O)O)C2)N1Cc1ccccc1. The largest absolute Gasteiger partial charge is 0.465 e. The van der Waals surface area contributed by atoms with Gasteiger partial charge >= 0.3 is 6.09 Å². The van der Waals surface area contributed by atoms with Crippen LogP contribution in [0.15, 0.2) is 30.3 Å². The third-order valence-corrected chi connectivity index (χ3v) is 5.09. The maximum absolute atomic E-state index is 11.0. The van der Waals surface area contributed by atoms with Crippen molar-refractivity contribution in [1.29, 1.82) is 0 Å². The number of benzene rings is 1. The van der Waals surface area contributed by atoms with Crippen molar-refractivity contribution in [2.24, 2.45) is 0 Å². The van der Waals surface area contributed by atoms with Gasteiger partial charge in [0.1, 0.15) is 5.60 Å². The van der Waals surface area contributed by atoms with Crippen LogP contribution in [0.3, 0.4) is 0 Å².